The zero-order valence-corrected chi connectivity index (χ0v) is 6.72. The highest BCUT2D eigenvalue weighted by Crippen LogP contribution is 1.98. The molecular weight excluding hydrogens is 125 g/mol. The molecule has 0 radical (unpaired) electrons. The van der Waals surface area contributed by atoms with Gasteiger partial charge in [-0.2, -0.15) is 0 Å². The molecule has 0 amide bonds. The van der Waals surface area contributed by atoms with Crippen molar-refractivity contribution < 1.29 is 0 Å². The molecule has 2 unspecified atom stereocenters. The Bertz CT molecular complexity index is 79.4. The third-order valence-corrected chi connectivity index (χ3v) is 1.67. The highest BCUT2D eigenvalue weighted by Gasteiger charge is 2.05. The number of hydrogen-bond donors (Lipinski definition) is 3. The van der Waals surface area contributed by atoms with Crippen molar-refractivity contribution in [2.24, 2.45) is 17.2 Å². The first-order valence-corrected chi connectivity index (χ1v) is 3.92. The van der Waals surface area contributed by atoms with Gasteiger partial charge in [-0.3, -0.25) is 0 Å². The fraction of sp³-hybridized carbons (Fsp3) is 1.00. The van der Waals surface area contributed by atoms with Crippen LogP contribution >= 0.6 is 0 Å². The largest absolute Gasteiger partial charge is 0.330 e. The highest BCUT2D eigenvalue weighted by atomic mass is 14.7. The monoisotopic (exact) mass is 143 g/mol. The molecule has 0 bridgehead atoms. The molecule has 3 nitrogen and oxygen atoms in total. The van der Waals surface area contributed by atoms with Gasteiger partial charge >= 0.3 is 0 Å². The Kier molecular flexibility index (Phi) is 5.68. The molecule has 0 aromatic heterocycles. The van der Waals surface area contributed by atoms with Gasteiger partial charge in [0.05, 0.1) is 0 Å². The summed E-state index contributed by atoms with van der Waals surface area (Å²) in [5, 5.41) is 0. The van der Waals surface area contributed by atoms with Crippen molar-refractivity contribution in [1.82, 2.24) is 0 Å². The van der Waals surface area contributed by atoms with E-state index >= 15 is 0 Å². The summed E-state index contributed by atoms with van der Waals surface area (Å²) in [6.07, 6.45) is 2.78. The lowest BCUT2D eigenvalue weighted by Crippen LogP contribution is -2.32. The van der Waals surface area contributed by atoms with E-state index in [0.717, 1.165) is 19.2 Å². The molecular formula is C6H18BN3. The minimum Gasteiger partial charge on any atom is -0.330 e. The molecule has 4 heteroatoms. The van der Waals surface area contributed by atoms with E-state index in [9.17, 15) is 0 Å². The Morgan fingerprint density at radius 2 is 1.80 bits per heavy atom. The van der Waals surface area contributed by atoms with Crippen LogP contribution in [-0.4, -0.2) is 26.5 Å². The van der Waals surface area contributed by atoms with Gasteiger partial charge in [-0.15, -0.1) is 0 Å². The van der Waals surface area contributed by atoms with Gasteiger partial charge in [0, 0.05) is 6.04 Å². The average Bonchev–Trinajstić information content (AvgIpc) is 1.88. The van der Waals surface area contributed by atoms with Crippen molar-refractivity contribution in [3.63, 3.8) is 0 Å². The second kappa shape index (κ2) is 5.71. The van der Waals surface area contributed by atoms with Crippen LogP contribution in [0, 0.1) is 0 Å². The number of hydrogen-bond acceptors (Lipinski definition) is 3. The quantitative estimate of drug-likeness (QED) is 0.407. The highest BCUT2D eigenvalue weighted by molar-refractivity contribution is 6.08. The van der Waals surface area contributed by atoms with Crippen LogP contribution < -0.4 is 17.2 Å². The van der Waals surface area contributed by atoms with Crippen molar-refractivity contribution >= 4 is 7.85 Å². The van der Waals surface area contributed by atoms with Crippen LogP contribution in [0.15, 0.2) is 0 Å². The minimum atomic E-state index is 0.194. The van der Waals surface area contributed by atoms with Gasteiger partial charge in [-0.25, -0.2) is 0 Å². The molecule has 0 aliphatic heterocycles. The topological polar surface area (TPSA) is 78.1 Å². The maximum absolute atomic E-state index is 5.70. The Morgan fingerprint density at radius 3 is 2.20 bits per heavy atom. The van der Waals surface area contributed by atoms with Crippen LogP contribution in [-0.2, 0) is 0 Å². The lowest BCUT2D eigenvalue weighted by Gasteiger charge is -2.14. The van der Waals surface area contributed by atoms with E-state index in [1.54, 1.807) is 0 Å². The molecule has 0 aliphatic rings. The molecule has 6 N–H and O–H groups in total. The van der Waals surface area contributed by atoms with E-state index in [1.165, 1.54) is 0 Å². The zero-order valence-electron chi connectivity index (χ0n) is 6.72. The Morgan fingerprint density at radius 1 is 1.20 bits per heavy atom. The molecule has 2 atom stereocenters. The van der Waals surface area contributed by atoms with Gasteiger partial charge in [0.2, 0.25) is 0 Å². The first-order valence-electron chi connectivity index (χ1n) is 3.92. The maximum atomic E-state index is 5.70. The standard InChI is InChI=1S/C6H18BN3/c7-4-6(10)3-5(9)1-2-8/h5-6H,1-4,7-10H2. The Labute approximate surface area is 63.7 Å². The maximum Gasteiger partial charge on any atom is 0.103 e. The van der Waals surface area contributed by atoms with Crippen LogP contribution in [0.4, 0.5) is 0 Å². The molecule has 0 saturated heterocycles. The number of nitrogens with two attached hydrogens (primary N) is 3. The molecule has 60 valence electrons. The first kappa shape index (κ1) is 9.94. The van der Waals surface area contributed by atoms with E-state index in [4.69, 9.17) is 17.2 Å². The van der Waals surface area contributed by atoms with Crippen LogP contribution in [0.25, 0.3) is 0 Å². The van der Waals surface area contributed by atoms with Crippen LogP contribution in [0.3, 0.4) is 0 Å². The fourth-order valence-electron chi connectivity index (χ4n) is 0.887. The van der Waals surface area contributed by atoms with E-state index < -0.39 is 0 Å². The second-order valence-corrected chi connectivity index (χ2v) is 2.74. The Balaban J connectivity index is 3.27. The SMILES string of the molecule is BCC(N)CC(N)CCN. The van der Waals surface area contributed by atoms with Crippen LogP contribution in [0.1, 0.15) is 12.8 Å². The molecule has 0 heterocycles. The third-order valence-electron chi connectivity index (χ3n) is 1.67. The van der Waals surface area contributed by atoms with E-state index in [-0.39, 0.29) is 12.1 Å². The summed E-state index contributed by atoms with van der Waals surface area (Å²) in [5.41, 5.74) is 16.7. The second-order valence-electron chi connectivity index (χ2n) is 2.74. The molecule has 0 saturated carbocycles. The van der Waals surface area contributed by atoms with Crippen molar-refractivity contribution in [2.75, 3.05) is 6.54 Å². The summed E-state index contributed by atoms with van der Waals surface area (Å²) in [4.78, 5) is 0. The van der Waals surface area contributed by atoms with Gasteiger partial charge in [-0.1, -0.05) is 6.32 Å². The van der Waals surface area contributed by atoms with Gasteiger partial charge in [0.15, 0.2) is 0 Å². The lowest BCUT2D eigenvalue weighted by molar-refractivity contribution is 0.522. The van der Waals surface area contributed by atoms with E-state index in [2.05, 4.69) is 7.85 Å². The summed E-state index contributed by atoms with van der Waals surface area (Å²) in [6.45, 7) is 0.664. The summed E-state index contributed by atoms with van der Waals surface area (Å²) < 4.78 is 0. The number of rotatable bonds is 5. The van der Waals surface area contributed by atoms with Gasteiger partial charge in [0.1, 0.15) is 7.85 Å². The predicted molar refractivity (Wildman–Crippen MR) is 47.6 cm³/mol. The molecule has 0 rings (SSSR count). The normalized spacial score (nSPS) is 16.7. The average molecular weight is 143 g/mol. The minimum absolute atomic E-state index is 0.194. The van der Waals surface area contributed by atoms with E-state index in [1.807, 2.05) is 0 Å². The first-order chi connectivity index (χ1) is 4.70. The molecule has 0 spiro atoms. The van der Waals surface area contributed by atoms with Crippen molar-refractivity contribution in [2.45, 2.75) is 31.2 Å². The van der Waals surface area contributed by atoms with Gasteiger partial charge in [0.25, 0.3) is 0 Å². The van der Waals surface area contributed by atoms with Gasteiger partial charge in [-0.05, 0) is 25.4 Å². The zero-order chi connectivity index (χ0) is 7.98. The summed E-state index contributed by atoms with van der Waals surface area (Å²) in [7, 11) is 2.07. The lowest BCUT2D eigenvalue weighted by atomic mass is 9.93. The summed E-state index contributed by atoms with van der Waals surface area (Å²) in [6, 6.07) is 0.446. The molecule has 0 fully saturated rings. The fourth-order valence-corrected chi connectivity index (χ4v) is 0.887. The predicted octanol–water partition coefficient (Wildman–Crippen LogP) is -1.57. The molecule has 0 aromatic rings. The van der Waals surface area contributed by atoms with Crippen molar-refractivity contribution in [3.8, 4) is 0 Å². The summed E-state index contributed by atoms with van der Waals surface area (Å²) >= 11 is 0. The molecule has 10 heavy (non-hydrogen) atoms. The van der Waals surface area contributed by atoms with E-state index in [0.29, 0.717) is 6.54 Å². The van der Waals surface area contributed by atoms with Crippen molar-refractivity contribution in [3.05, 3.63) is 0 Å². The van der Waals surface area contributed by atoms with Crippen LogP contribution in [0.5, 0.6) is 0 Å². The third kappa shape index (κ3) is 4.79. The van der Waals surface area contributed by atoms with Gasteiger partial charge < -0.3 is 17.2 Å². The van der Waals surface area contributed by atoms with Crippen LogP contribution in [0.2, 0.25) is 6.32 Å². The van der Waals surface area contributed by atoms with Crippen molar-refractivity contribution in [1.29, 1.82) is 0 Å². The molecule has 0 aromatic carbocycles. The Hall–Kier alpha value is -0.0551. The smallest absolute Gasteiger partial charge is 0.103 e. The molecule has 0 aliphatic carbocycles. The summed E-state index contributed by atoms with van der Waals surface area (Å²) in [5.74, 6) is 0.